The first-order valence-corrected chi connectivity index (χ1v) is 22.0. The molecule has 0 spiro atoms. The lowest BCUT2D eigenvalue weighted by Crippen LogP contribution is -2.29. The third kappa shape index (κ3) is 34.6. The Morgan fingerprint density at radius 1 is 0.604 bits per heavy atom. The van der Waals surface area contributed by atoms with Crippen LogP contribution in [-0.4, -0.2) is 88.1 Å². The largest absolute Gasteiger partial charge is 0.472 e. The maximum atomic E-state index is 12.6. The summed E-state index contributed by atoms with van der Waals surface area (Å²) in [5.74, 6) is -1.05. The molecule has 0 fully saturated rings. The van der Waals surface area contributed by atoms with E-state index in [2.05, 4.69) is 36.6 Å². The van der Waals surface area contributed by atoms with Crippen molar-refractivity contribution in [1.82, 2.24) is 0 Å². The highest BCUT2D eigenvalue weighted by atomic mass is 31.2. The van der Waals surface area contributed by atoms with E-state index in [9.17, 15) is 34.4 Å². The summed E-state index contributed by atoms with van der Waals surface area (Å²) in [4.78, 5) is 34.9. The molecular weight excluding hydrogens is 703 g/mol. The second-order valence-electron chi connectivity index (χ2n) is 14.0. The Bertz CT molecular complexity index is 975. The van der Waals surface area contributed by atoms with Crippen molar-refractivity contribution >= 4 is 19.8 Å². The van der Waals surface area contributed by atoms with Crippen LogP contribution in [0.15, 0.2) is 24.3 Å². The van der Waals surface area contributed by atoms with Crippen molar-refractivity contribution in [1.29, 1.82) is 0 Å². The van der Waals surface area contributed by atoms with E-state index in [4.69, 9.17) is 19.1 Å². The van der Waals surface area contributed by atoms with E-state index in [1.165, 1.54) is 38.5 Å². The number of unbranched alkanes of at least 4 members (excludes halogenated alkanes) is 16. The summed E-state index contributed by atoms with van der Waals surface area (Å²) in [6.07, 6.45) is 25.9. The van der Waals surface area contributed by atoms with Gasteiger partial charge in [0.2, 0.25) is 0 Å². The molecule has 0 saturated heterocycles. The van der Waals surface area contributed by atoms with Gasteiger partial charge in [-0.2, -0.15) is 0 Å². The molecular formula is C40H75O12P. The van der Waals surface area contributed by atoms with Gasteiger partial charge in [-0.15, -0.1) is 0 Å². The third-order valence-electron chi connectivity index (χ3n) is 8.78. The summed E-state index contributed by atoms with van der Waals surface area (Å²) in [5, 5.41) is 38.7. The Hall–Kier alpha value is -1.63. The van der Waals surface area contributed by atoms with Gasteiger partial charge < -0.3 is 34.8 Å². The van der Waals surface area contributed by atoms with Crippen LogP contribution >= 0.6 is 7.82 Å². The van der Waals surface area contributed by atoms with Gasteiger partial charge in [0.25, 0.3) is 0 Å². The van der Waals surface area contributed by atoms with Crippen molar-refractivity contribution in [2.75, 3.05) is 26.4 Å². The molecule has 0 radical (unpaired) electrons. The highest BCUT2D eigenvalue weighted by Gasteiger charge is 2.27. The Morgan fingerprint density at radius 2 is 1.09 bits per heavy atom. The molecule has 0 aromatic rings. The summed E-state index contributed by atoms with van der Waals surface area (Å²) in [6.45, 7) is 2.11. The third-order valence-corrected chi connectivity index (χ3v) is 9.73. The number of carbonyl (C=O) groups is 2. The number of hydrogen-bond donors (Lipinski definition) is 5. The van der Waals surface area contributed by atoms with Crippen LogP contribution in [-0.2, 0) is 32.7 Å². The predicted molar refractivity (Wildman–Crippen MR) is 208 cm³/mol. The van der Waals surface area contributed by atoms with Crippen LogP contribution in [0.25, 0.3) is 0 Å². The minimum Gasteiger partial charge on any atom is -0.462 e. The molecule has 12 nitrogen and oxygen atoms in total. The number of allylic oxidation sites excluding steroid dienone is 3. The molecule has 0 aromatic carbocycles. The zero-order valence-electron chi connectivity index (χ0n) is 33.0. The van der Waals surface area contributed by atoms with E-state index in [1.807, 2.05) is 6.08 Å². The molecule has 5 N–H and O–H groups in total. The number of phosphoric ester groups is 1. The number of hydrogen-bond acceptors (Lipinski definition) is 11. The monoisotopic (exact) mass is 778 g/mol. The lowest BCUT2D eigenvalue weighted by molar-refractivity contribution is -0.161. The maximum Gasteiger partial charge on any atom is 0.472 e. The highest BCUT2D eigenvalue weighted by molar-refractivity contribution is 7.47. The molecule has 5 atom stereocenters. The van der Waals surface area contributed by atoms with Crippen LogP contribution in [0.3, 0.4) is 0 Å². The van der Waals surface area contributed by atoms with E-state index >= 15 is 0 Å². The smallest absolute Gasteiger partial charge is 0.462 e. The molecule has 0 amide bonds. The van der Waals surface area contributed by atoms with Gasteiger partial charge in [-0.1, -0.05) is 115 Å². The molecule has 312 valence electrons. The van der Waals surface area contributed by atoms with Gasteiger partial charge in [-0.3, -0.25) is 18.6 Å². The molecule has 1 unspecified atom stereocenters. The van der Waals surface area contributed by atoms with Crippen molar-refractivity contribution in [3.05, 3.63) is 24.3 Å². The van der Waals surface area contributed by atoms with Gasteiger partial charge in [0.05, 0.1) is 32.0 Å². The fraction of sp³-hybridized carbons (Fsp3) is 0.850. The first kappa shape index (κ1) is 51.4. The van der Waals surface area contributed by atoms with Crippen LogP contribution in [0.5, 0.6) is 0 Å². The summed E-state index contributed by atoms with van der Waals surface area (Å²) in [7, 11) is -4.65. The van der Waals surface area contributed by atoms with E-state index in [0.717, 1.165) is 77.0 Å². The average molecular weight is 779 g/mol. The van der Waals surface area contributed by atoms with Crippen LogP contribution in [0.4, 0.5) is 0 Å². The van der Waals surface area contributed by atoms with E-state index in [0.29, 0.717) is 25.7 Å². The highest BCUT2D eigenvalue weighted by Crippen LogP contribution is 2.43. The molecule has 0 aromatic heterocycles. The van der Waals surface area contributed by atoms with Crippen molar-refractivity contribution in [3.8, 4) is 0 Å². The second-order valence-corrected chi connectivity index (χ2v) is 15.4. The molecule has 0 heterocycles. The van der Waals surface area contributed by atoms with Gasteiger partial charge in [0.1, 0.15) is 12.7 Å². The van der Waals surface area contributed by atoms with Crippen LogP contribution in [0.2, 0.25) is 0 Å². The van der Waals surface area contributed by atoms with Crippen molar-refractivity contribution in [2.24, 2.45) is 0 Å². The van der Waals surface area contributed by atoms with Gasteiger partial charge in [0.15, 0.2) is 6.10 Å². The first-order chi connectivity index (χ1) is 25.5. The number of phosphoric acid groups is 1. The first-order valence-electron chi connectivity index (χ1n) is 20.5. The Kier molecular flexibility index (Phi) is 34.9. The number of aliphatic hydroxyl groups is 4. The summed E-state index contributed by atoms with van der Waals surface area (Å²) in [6, 6.07) is 0. The molecule has 0 aliphatic rings. The Balaban J connectivity index is 4.47. The summed E-state index contributed by atoms with van der Waals surface area (Å²) in [5.41, 5.74) is 0. The average Bonchev–Trinajstić information content (AvgIpc) is 3.14. The zero-order valence-corrected chi connectivity index (χ0v) is 33.9. The van der Waals surface area contributed by atoms with Crippen LogP contribution in [0, 0.1) is 0 Å². The fourth-order valence-corrected chi connectivity index (χ4v) is 6.21. The molecule has 0 bridgehead atoms. The summed E-state index contributed by atoms with van der Waals surface area (Å²) >= 11 is 0. The van der Waals surface area contributed by atoms with Crippen molar-refractivity contribution in [2.45, 2.75) is 192 Å². The molecule has 0 rings (SSSR count). The lowest BCUT2D eigenvalue weighted by Gasteiger charge is -2.20. The number of esters is 2. The molecule has 0 aliphatic carbocycles. The van der Waals surface area contributed by atoms with Gasteiger partial charge in [0, 0.05) is 12.8 Å². The minimum absolute atomic E-state index is 0.0844. The number of ether oxygens (including phenoxy) is 2. The quantitative estimate of drug-likeness (QED) is 0.0175. The van der Waals surface area contributed by atoms with Crippen LogP contribution < -0.4 is 0 Å². The zero-order chi connectivity index (χ0) is 39.4. The van der Waals surface area contributed by atoms with Crippen LogP contribution in [0.1, 0.15) is 168 Å². The van der Waals surface area contributed by atoms with E-state index in [-0.39, 0.29) is 19.4 Å². The number of aliphatic hydroxyl groups excluding tert-OH is 4. The minimum atomic E-state index is -4.65. The maximum absolute atomic E-state index is 12.6. The standard InChI is InChI=1S/C40H75O12P/c1-3-5-7-9-11-12-13-14-15-16-17-21-25-29-39(45)49-33-36(34-51-53(47,48)50-32-35(42)31-41)52-40(46)30-26-22-18-20-24-28-38(44)37(43)27-23-19-10-8-6-4-2/h12-13,19,23,35-38,41-44H,3-11,14-18,20-22,24-34H2,1-2H3,(H,47,48)/b13-12-,23-19-/t35-,36+,37-,38-/m0/s1. The normalized spacial score (nSPS) is 15.4. The Labute approximate surface area is 320 Å². The number of carbonyl (C=O) groups excluding carboxylic acids is 2. The topological polar surface area (TPSA) is 189 Å². The van der Waals surface area contributed by atoms with E-state index < -0.39 is 64.0 Å². The molecule has 0 aliphatic heterocycles. The molecule has 53 heavy (non-hydrogen) atoms. The predicted octanol–water partition coefficient (Wildman–Crippen LogP) is 8.16. The van der Waals surface area contributed by atoms with Crippen molar-refractivity contribution < 1.29 is 58.0 Å². The van der Waals surface area contributed by atoms with Gasteiger partial charge in [-0.25, -0.2) is 4.57 Å². The van der Waals surface area contributed by atoms with Gasteiger partial charge in [-0.05, 0) is 64.2 Å². The van der Waals surface area contributed by atoms with Gasteiger partial charge >= 0.3 is 19.8 Å². The summed E-state index contributed by atoms with van der Waals surface area (Å²) < 4.78 is 32.5. The fourth-order valence-electron chi connectivity index (χ4n) is 5.42. The Morgan fingerprint density at radius 3 is 1.72 bits per heavy atom. The molecule has 13 heteroatoms. The molecule has 0 saturated carbocycles. The number of rotatable bonds is 38. The second kappa shape index (κ2) is 36.0. The lowest BCUT2D eigenvalue weighted by atomic mass is 10.0. The SMILES string of the molecule is CCCCC/C=C\C[C@H](O)[C@@H](O)CCCCCCCC(=O)O[C@H](COC(=O)CCCCCCC/C=C\CCCCCC)COP(=O)(O)OC[C@@H](O)CO. The van der Waals surface area contributed by atoms with E-state index in [1.54, 1.807) is 0 Å². The van der Waals surface area contributed by atoms with Crippen molar-refractivity contribution in [3.63, 3.8) is 0 Å².